The van der Waals surface area contributed by atoms with E-state index in [0.717, 1.165) is 38.6 Å². The fourth-order valence-corrected chi connectivity index (χ4v) is 2.52. The van der Waals surface area contributed by atoms with Crippen LogP contribution in [0.4, 0.5) is 0 Å². The maximum atomic E-state index is 11.5. The minimum absolute atomic E-state index is 0.160. The van der Waals surface area contributed by atoms with Crippen molar-refractivity contribution in [2.75, 3.05) is 45.8 Å². The van der Waals surface area contributed by atoms with Gasteiger partial charge in [-0.3, -0.25) is 9.69 Å². The first-order valence-electron chi connectivity index (χ1n) is 7.83. The van der Waals surface area contributed by atoms with Crippen LogP contribution in [0, 0.1) is 5.92 Å². The highest BCUT2D eigenvalue weighted by Crippen LogP contribution is 2.08. The zero-order valence-corrected chi connectivity index (χ0v) is 13.0. The van der Waals surface area contributed by atoms with Gasteiger partial charge in [-0.25, -0.2) is 0 Å². The summed E-state index contributed by atoms with van der Waals surface area (Å²) in [4.78, 5) is 16.3. The van der Waals surface area contributed by atoms with Gasteiger partial charge < -0.3 is 10.2 Å². The maximum absolute atomic E-state index is 11.5. The molecule has 0 spiro atoms. The molecule has 0 atom stereocenters. The number of carbonyl (C=O) groups is 1. The molecular formula is C15H31N3O. The summed E-state index contributed by atoms with van der Waals surface area (Å²) < 4.78 is 0. The van der Waals surface area contributed by atoms with Crippen LogP contribution in [0.5, 0.6) is 0 Å². The van der Waals surface area contributed by atoms with Crippen LogP contribution in [-0.2, 0) is 4.79 Å². The second-order valence-electron chi connectivity index (χ2n) is 5.96. The average molecular weight is 269 g/mol. The third kappa shape index (κ3) is 7.53. The molecule has 1 saturated heterocycles. The van der Waals surface area contributed by atoms with Crippen molar-refractivity contribution in [3.63, 3.8) is 0 Å². The van der Waals surface area contributed by atoms with Crippen molar-refractivity contribution in [1.29, 1.82) is 0 Å². The van der Waals surface area contributed by atoms with Crippen LogP contribution in [0.25, 0.3) is 0 Å². The largest absolute Gasteiger partial charge is 0.355 e. The Morgan fingerprint density at radius 1 is 1.11 bits per heavy atom. The molecule has 1 aliphatic heterocycles. The lowest BCUT2D eigenvalue weighted by Crippen LogP contribution is -2.49. The summed E-state index contributed by atoms with van der Waals surface area (Å²) in [6.45, 7) is 13.4. The SMILES string of the molecule is CCNC(=O)CN1CCN(CCCCC(C)C)CC1. The summed E-state index contributed by atoms with van der Waals surface area (Å²) in [5, 5.41) is 2.86. The molecule has 0 aliphatic carbocycles. The number of hydrogen-bond acceptors (Lipinski definition) is 3. The van der Waals surface area contributed by atoms with Crippen LogP contribution in [0.15, 0.2) is 0 Å². The number of rotatable bonds is 8. The minimum Gasteiger partial charge on any atom is -0.355 e. The fraction of sp³-hybridized carbons (Fsp3) is 0.933. The van der Waals surface area contributed by atoms with Gasteiger partial charge in [-0.1, -0.05) is 26.7 Å². The molecule has 1 amide bonds. The molecule has 1 rings (SSSR count). The van der Waals surface area contributed by atoms with E-state index in [-0.39, 0.29) is 5.91 Å². The number of likely N-dealkylation sites (N-methyl/N-ethyl adjacent to an activating group) is 1. The topological polar surface area (TPSA) is 35.6 Å². The summed E-state index contributed by atoms with van der Waals surface area (Å²) in [7, 11) is 0. The zero-order valence-electron chi connectivity index (χ0n) is 13.0. The molecule has 0 radical (unpaired) electrons. The average Bonchev–Trinajstić information content (AvgIpc) is 2.36. The van der Waals surface area contributed by atoms with Gasteiger partial charge in [0, 0.05) is 32.7 Å². The molecule has 0 unspecified atom stereocenters. The minimum atomic E-state index is 0.160. The molecular weight excluding hydrogens is 238 g/mol. The number of unbranched alkanes of at least 4 members (excludes halogenated alkanes) is 1. The Hall–Kier alpha value is -0.610. The van der Waals surface area contributed by atoms with E-state index in [2.05, 4.69) is 29.0 Å². The first kappa shape index (κ1) is 16.4. The summed E-state index contributed by atoms with van der Waals surface area (Å²) in [5.74, 6) is 0.988. The number of piperazine rings is 1. The van der Waals surface area contributed by atoms with Gasteiger partial charge in [0.25, 0.3) is 0 Å². The van der Waals surface area contributed by atoms with Crippen LogP contribution in [0.1, 0.15) is 40.0 Å². The smallest absolute Gasteiger partial charge is 0.234 e. The van der Waals surface area contributed by atoms with Crippen LogP contribution >= 0.6 is 0 Å². The van der Waals surface area contributed by atoms with Gasteiger partial charge in [0.15, 0.2) is 0 Å². The normalized spacial score (nSPS) is 17.9. The van der Waals surface area contributed by atoms with Gasteiger partial charge in [-0.15, -0.1) is 0 Å². The molecule has 1 aliphatic rings. The van der Waals surface area contributed by atoms with E-state index in [9.17, 15) is 4.79 Å². The lowest BCUT2D eigenvalue weighted by atomic mass is 10.1. The Bertz CT molecular complexity index is 248. The Balaban J connectivity index is 2.06. The van der Waals surface area contributed by atoms with Crippen LogP contribution in [0.3, 0.4) is 0 Å². The first-order chi connectivity index (χ1) is 9.11. The summed E-state index contributed by atoms with van der Waals surface area (Å²) in [6.07, 6.45) is 4.00. The van der Waals surface area contributed by atoms with Crippen molar-refractivity contribution in [3.8, 4) is 0 Å². The van der Waals surface area contributed by atoms with Crippen molar-refractivity contribution in [2.45, 2.75) is 40.0 Å². The van der Waals surface area contributed by atoms with Crippen LogP contribution in [0.2, 0.25) is 0 Å². The second kappa shape index (κ2) is 9.32. The van der Waals surface area contributed by atoms with E-state index in [0.29, 0.717) is 6.54 Å². The van der Waals surface area contributed by atoms with E-state index in [4.69, 9.17) is 0 Å². The van der Waals surface area contributed by atoms with Crippen LogP contribution in [-0.4, -0.2) is 61.5 Å². The lowest BCUT2D eigenvalue weighted by molar-refractivity contribution is -0.122. The molecule has 19 heavy (non-hydrogen) atoms. The first-order valence-corrected chi connectivity index (χ1v) is 7.83. The monoisotopic (exact) mass is 269 g/mol. The Labute approximate surface area is 118 Å². The number of amides is 1. The third-order valence-corrected chi connectivity index (χ3v) is 3.71. The molecule has 1 heterocycles. The lowest BCUT2D eigenvalue weighted by Gasteiger charge is -2.34. The van der Waals surface area contributed by atoms with Crippen LogP contribution < -0.4 is 5.32 Å². The highest BCUT2D eigenvalue weighted by atomic mass is 16.2. The Kier molecular flexibility index (Phi) is 8.07. The van der Waals surface area contributed by atoms with Crippen molar-refractivity contribution in [1.82, 2.24) is 15.1 Å². The molecule has 112 valence electrons. The molecule has 1 N–H and O–H groups in total. The third-order valence-electron chi connectivity index (χ3n) is 3.71. The number of nitrogens with zero attached hydrogens (tertiary/aromatic N) is 2. The molecule has 0 aromatic heterocycles. The van der Waals surface area contributed by atoms with Gasteiger partial charge in [0.2, 0.25) is 5.91 Å². The summed E-state index contributed by atoms with van der Waals surface area (Å²) >= 11 is 0. The molecule has 0 aromatic carbocycles. The Morgan fingerprint density at radius 3 is 2.32 bits per heavy atom. The van der Waals surface area contributed by atoms with Crippen molar-refractivity contribution < 1.29 is 4.79 Å². The van der Waals surface area contributed by atoms with Gasteiger partial charge in [0.1, 0.15) is 0 Å². The summed E-state index contributed by atoms with van der Waals surface area (Å²) in [5.41, 5.74) is 0. The van der Waals surface area contributed by atoms with Crippen molar-refractivity contribution in [2.24, 2.45) is 5.92 Å². The number of carbonyl (C=O) groups excluding carboxylic acids is 1. The Morgan fingerprint density at radius 2 is 1.74 bits per heavy atom. The molecule has 4 heteroatoms. The van der Waals surface area contributed by atoms with E-state index in [1.807, 2.05) is 6.92 Å². The van der Waals surface area contributed by atoms with Crippen molar-refractivity contribution >= 4 is 5.91 Å². The second-order valence-corrected chi connectivity index (χ2v) is 5.96. The van der Waals surface area contributed by atoms with E-state index in [1.54, 1.807) is 0 Å². The molecule has 0 bridgehead atoms. The maximum Gasteiger partial charge on any atom is 0.234 e. The predicted molar refractivity (Wildman–Crippen MR) is 80.3 cm³/mol. The van der Waals surface area contributed by atoms with E-state index in [1.165, 1.54) is 25.8 Å². The fourth-order valence-electron chi connectivity index (χ4n) is 2.52. The van der Waals surface area contributed by atoms with Gasteiger partial charge in [-0.2, -0.15) is 0 Å². The van der Waals surface area contributed by atoms with Gasteiger partial charge in [-0.05, 0) is 25.8 Å². The van der Waals surface area contributed by atoms with E-state index >= 15 is 0 Å². The predicted octanol–water partition coefficient (Wildman–Crippen LogP) is 1.57. The molecule has 0 aromatic rings. The quantitative estimate of drug-likeness (QED) is 0.679. The number of nitrogens with one attached hydrogen (secondary N) is 1. The molecule has 1 fully saturated rings. The zero-order chi connectivity index (χ0) is 14.1. The van der Waals surface area contributed by atoms with E-state index < -0.39 is 0 Å². The summed E-state index contributed by atoms with van der Waals surface area (Å²) in [6, 6.07) is 0. The van der Waals surface area contributed by atoms with Gasteiger partial charge >= 0.3 is 0 Å². The highest BCUT2D eigenvalue weighted by Gasteiger charge is 2.18. The van der Waals surface area contributed by atoms with Crippen molar-refractivity contribution in [3.05, 3.63) is 0 Å². The standard InChI is InChI=1S/C15H31N3O/c1-4-16-15(19)13-18-11-9-17(10-12-18)8-6-5-7-14(2)3/h14H,4-13H2,1-3H3,(H,16,19). The molecule has 4 nitrogen and oxygen atoms in total. The van der Waals surface area contributed by atoms with Gasteiger partial charge in [0.05, 0.1) is 6.54 Å². The highest BCUT2D eigenvalue weighted by molar-refractivity contribution is 5.77. The molecule has 0 saturated carbocycles. The number of hydrogen-bond donors (Lipinski definition) is 1.